The Hall–Kier alpha value is -3.71. The largest absolute Gasteiger partial charge is 0.492 e. The molecule has 40 heavy (non-hydrogen) atoms. The first-order chi connectivity index (χ1) is 18.7. The van der Waals surface area contributed by atoms with Crippen molar-refractivity contribution in [2.75, 3.05) is 38.6 Å². The summed E-state index contributed by atoms with van der Waals surface area (Å²) in [4.78, 5) is 19.7. The van der Waals surface area contributed by atoms with Crippen LogP contribution in [0.5, 0.6) is 5.75 Å². The number of rotatable bonds is 13. The van der Waals surface area contributed by atoms with Crippen molar-refractivity contribution >= 4 is 35.2 Å². The number of hydrogen-bond donors (Lipinski definition) is 5. The molecule has 1 amide bonds. The third-order valence-corrected chi connectivity index (χ3v) is 5.58. The zero-order chi connectivity index (χ0) is 29.8. The maximum Gasteiger partial charge on any atom is 0.422 e. The number of carbonyl (C=O) groups is 1. The molecule has 0 saturated heterocycles. The molecule has 0 spiro atoms. The number of amides is 1. The van der Waals surface area contributed by atoms with Crippen molar-refractivity contribution in [3.05, 3.63) is 58.6 Å². The number of hydrogen-bond acceptors (Lipinski definition) is 6. The van der Waals surface area contributed by atoms with Gasteiger partial charge in [0.15, 0.2) is 6.61 Å². The zero-order valence-corrected chi connectivity index (χ0v) is 23.1. The zero-order valence-electron chi connectivity index (χ0n) is 22.4. The second kappa shape index (κ2) is 15.2. The Kier molecular flexibility index (Phi) is 12.3. The highest BCUT2D eigenvalue weighted by Gasteiger charge is 2.28. The molecule has 0 atom stereocenters. The quantitative estimate of drug-likeness (QED) is 0.104. The molecule has 8 N–H and O–H groups in total. The Morgan fingerprint density at radius 2 is 1.77 bits per heavy atom. The van der Waals surface area contributed by atoms with E-state index in [1.54, 1.807) is 42.5 Å². The summed E-state index contributed by atoms with van der Waals surface area (Å²) in [6.45, 7) is 4.94. The molecule has 10 nitrogen and oxygen atoms in total. The standard InChI is InChI=1S/C26H35ClF3N7O3/c1-25(2,15-36-22(38)18-5-7-19(31)8-6-18)14-34-10-3-11-39-21-9-4-17(12-20(21)27)13-35-23(32)37-24(33)40-16-26(28,29)30/h4-9,12,34H,3,10-11,13-16,31H2,1-2H3,(H,36,38)(H4,32,33,35,37). The highest BCUT2D eigenvalue weighted by Crippen LogP contribution is 2.26. The molecule has 0 aliphatic rings. The topological polar surface area (TPSA) is 162 Å². The van der Waals surface area contributed by atoms with Crippen LogP contribution in [0.2, 0.25) is 5.02 Å². The maximum atomic E-state index is 12.3. The van der Waals surface area contributed by atoms with Gasteiger partial charge in [-0.25, -0.2) is 4.99 Å². The van der Waals surface area contributed by atoms with Gasteiger partial charge in [0.25, 0.3) is 11.9 Å². The summed E-state index contributed by atoms with van der Waals surface area (Å²) >= 11 is 6.29. The summed E-state index contributed by atoms with van der Waals surface area (Å²) in [5, 5.41) is 6.69. The number of ether oxygens (including phenoxy) is 2. The molecule has 220 valence electrons. The Balaban J connectivity index is 1.68. The van der Waals surface area contributed by atoms with Gasteiger partial charge in [0, 0.05) is 24.3 Å². The number of amidine groups is 1. The van der Waals surface area contributed by atoms with Crippen LogP contribution < -0.4 is 32.6 Å². The van der Waals surface area contributed by atoms with Gasteiger partial charge in [0.1, 0.15) is 5.75 Å². The summed E-state index contributed by atoms with van der Waals surface area (Å²) in [7, 11) is 0. The van der Waals surface area contributed by atoms with Crippen molar-refractivity contribution < 1.29 is 27.4 Å². The minimum Gasteiger partial charge on any atom is -0.492 e. The summed E-state index contributed by atoms with van der Waals surface area (Å²) in [6, 6.07) is 11.1. The number of aliphatic imine (C=N–C) groups is 2. The van der Waals surface area contributed by atoms with E-state index in [1.165, 1.54) is 0 Å². The van der Waals surface area contributed by atoms with Crippen LogP contribution in [0.4, 0.5) is 18.9 Å². The van der Waals surface area contributed by atoms with Crippen molar-refractivity contribution in [2.24, 2.45) is 26.9 Å². The number of alkyl halides is 3. The third-order valence-electron chi connectivity index (χ3n) is 5.29. The fraction of sp³-hybridized carbons (Fsp3) is 0.423. The summed E-state index contributed by atoms with van der Waals surface area (Å²) in [5.41, 5.74) is 18.1. The highest BCUT2D eigenvalue weighted by molar-refractivity contribution is 6.32. The van der Waals surface area contributed by atoms with Crippen molar-refractivity contribution in [1.82, 2.24) is 10.6 Å². The van der Waals surface area contributed by atoms with Crippen molar-refractivity contribution in [2.45, 2.75) is 33.0 Å². The van der Waals surface area contributed by atoms with Crippen LogP contribution in [0.15, 0.2) is 52.4 Å². The Morgan fingerprint density at radius 1 is 1.07 bits per heavy atom. The summed E-state index contributed by atoms with van der Waals surface area (Å²) < 4.78 is 46.4. The summed E-state index contributed by atoms with van der Waals surface area (Å²) in [6.07, 6.45) is -3.82. The van der Waals surface area contributed by atoms with E-state index in [4.69, 9.17) is 33.5 Å². The smallest absolute Gasteiger partial charge is 0.422 e. The van der Waals surface area contributed by atoms with Crippen molar-refractivity contribution in [3.8, 4) is 5.75 Å². The van der Waals surface area contributed by atoms with Gasteiger partial charge >= 0.3 is 6.18 Å². The molecule has 0 fully saturated rings. The second-order valence-corrected chi connectivity index (χ2v) is 10.0. The van der Waals surface area contributed by atoms with Gasteiger partial charge < -0.3 is 37.3 Å². The lowest BCUT2D eigenvalue weighted by Gasteiger charge is -2.25. The van der Waals surface area contributed by atoms with Crippen LogP contribution in [-0.4, -0.2) is 56.9 Å². The Morgan fingerprint density at radius 3 is 2.42 bits per heavy atom. The molecule has 0 aliphatic carbocycles. The van der Waals surface area contributed by atoms with Crippen LogP contribution >= 0.6 is 11.6 Å². The molecule has 0 radical (unpaired) electrons. The monoisotopic (exact) mass is 585 g/mol. The van der Waals surface area contributed by atoms with E-state index in [-0.39, 0.29) is 23.8 Å². The molecule has 0 heterocycles. The minimum absolute atomic E-state index is 0.0715. The molecule has 0 bridgehead atoms. The molecular weight excluding hydrogens is 551 g/mol. The summed E-state index contributed by atoms with van der Waals surface area (Å²) in [5.74, 6) is 0.0131. The van der Waals surface area contributed by atoms with Crippen molar-refractivity contribution in [1.29, 1.82) is 0 Å². The van der Waals surface area contributed by atoms with Gasteiger partial charge in [0.2, 0.25) is 5.96 Å². The molecule has 0 aliphatic heterocycles. The van der Waals surface area contributed by atoms with Crippen LogP contribution in [0.1, 0.15) is 36.2 Å². The number of carbonyl (C=O) groups excluding carboxylic acids is 1. The van der Waals surface area contributed by atoms with E-state index in [9.17, 15) is 18.0 Å². The van der Waals surface area contributed by atoms with Crippen molar-refractivity contribution in [3.63, 3.8) is 0 Å². The normalized spacial score (nSPS) is 12.8. The lowest BCUT2D eigenvalue weighted by atomic mass is 9.93. The van der Waals surface area contributed by atoms with Crippen LogP contribution in [0, 0.1) is 5.41 Å². The lowest BCUT2D eigenvalue weighted by molar-refractivity contribution is -0.156. The number of nitrogens with zero attached hydrogens (tertiary/aromatic N) is 2. The molecule has 2 aromatic rings. The van der Waals surface area contributed by atoms with Gasteiger partial charge in [-0.1, -0.05) is 31.5 Å². The van der Waals surface area contributed by atoms with E-state index >= 15 is 0 Å². The Bertz CT molecular complexity index is 1170. The SMILES string of the molecule is CC(C)(CNCCCOc1ccc(CN=C(N)N=C(N)OCC(F)(F)F)cc1Cl)CNC(=O)c1ccc(N)cc1. The second-order valence-electron chi connectivity index (χ2n) is 9.64. The van der Waals surface area contributed by atoms with Crippen LogP contribution in [0.25, 0.3) is 0 Å². The Labute approximate surface area is 236 Å². The fourth-order valence-electron chi connectivity index (χ4n) is 3.19. The molecule has 0 saturated carbocycles. The van der Waals surface area contributed by atoms with Gasteiger partial charge in [-0.05, 0) is 60.3 Å². The first-order valence-electron chi connectivity index (χ1n) is 12.3. The van der Waals surface area contributed by atoms with E-state index in [1.807, 2.05) is 0 Å². The number of nitrogens with one attached hydrogen (secondary N) is 2. The number of anilines is 1. The number of halogens is 4. The lowest BCUT2D eigenvalue weighted by Crippen LogP contribution is -2.40. The third kappa shape index (κ3) is 12.9. The van der Waals surface area contributed by atoms with E-state index in [0.717, 1.165) is 6.42 Å². The average Bonchev–Trinajstić information content (AvgIpc) is 2.88. The fourth-order valence-corrected chi connectivity index (χ4v) is 3.45. The molecule has 2 aromatic carbocycles. The van der Waals surface area contributed by atoms with E-state index in [0.29, 0.717) is 53.8 Å². The number of nitrogen functional groups attached to an aromatic ring is 1. The predicted molar refractivity (Wildman–Crippen MR) is 150 cm³/mol. The van der Waals surface area contributed by atoms with Gasteiger partial charge in [0.05, 0.1) is 18.2 Å². The minimum atomic E-state index is -4.54. The molecule has 0 aromatic heterocycles. The van der Waals surface area contributed by atoms with Gasteiger partial charge in [-0.3, -0.25) is 4.79 Å². The first kappa shape index (κ1) is 32.5. The maximum absolute atomic E-state index is 12.3. The van der Waals surface area contributed by atoms with Gasteiger partial charge in [-0.15, -0.1) is 0 Å². The van der Waals surface area contributed by atoms with E-state index in [2.05, 4.69) is 39.2 Å². The van der Waals surface area contributed by atoms with Crippen LogP contribution in [0.3, 0.4) is 0 Å². The molecule has 2 rings (SSSR count). The van der Waals surface area contributed by atoms with Gasteiger partial charge in [-0.2, -0.15) is 18.2 Å². The first-order valence-corrected chi connectivity index (χ1v) is 12.7. The van der Waals surface area contributed by atoms with Crippen LogP contribution in [-0.2, 0) is 11.3 Å². The number of guanidine groups is 1. The average molecular weight is 586 g/mol. The molecule has 0 unspecified atom stereocenters. The van der Waals surface area contributed by atoms with E-state index < -0.39 is 18.8 Å². The number of nitrogens with two attached hydrogens (primary N) is 3. The highest BCUT2D eigenvalue weighted by atomic mass is 35.5. The predicted octanol–water partition coefficient (Wildman–Crippen LogP) is 3.45. The molecule has 14 heteroatoms. The molecular formula is C26H35ClF3N7O3. The number of benzene rings is 2.